The van der Waals surface area contributed by atoms with Gasteiger partial charge in [-0.1, -0.05) is 0 Å². The van der Waals surface area contributed by atoms with Gasteiger partial charge in [-0.2, -0.15) is 13.2 Å². The van der Waals surface area contributed by atoms with Crippen LogP contribution in [0.2, 0.25) is 0 Å². The molecule has 0 saturated heterocycles. The van der Waals surface area contributed by atoms with Gasteiger partial charge in [-0.25, -0.2) is 9.18 Å². The number of rotatable bonds is 8. The SMILES string of the molecule is CCOC(=O)c1cc(F)c(C(F)(F)F)c(N[C@@H](C)C2CCC(NCC(=O)OC(C)(C)C)CC2)c1. The van der Waals surface area contributed by atoms with E-state index in [0.29, 0.717) is 18.9 Å². The van der Waals surface area contributed by atoms with E-state index in [0.717, 1.165) is 18.9 Å². The largest absolute Gasteiger partial charge is 0.462 e. The number of benzene rings is 1. The van der Waals surface area contributed by atoms with E-state index < -0.39 is 40.9 Å². The Labute approximate surface area is 197 Å². The van der Waals surface area contributed by atoms with Gasteiger partial charge in [0.25, 0.3) is 0 Å². The Morgan fingerprint density at radius 1 is 1.12 bits per heavy atom. The molecule has 0 heterocycles. The molecule has 1 aromatic carbocycles. The maximum absolute atomic E-state index is 14.4. The molecule has 10 heteroatoms. The van der Waals surface area contributed by atoms with Crippen LogP contribution in [-0.2, 0) is 20.4 Å². The summed E-state index contributed by atoms with van der Waals surface area (Å²) in [5, 5.41) is 5.97. The second-order valence-electron chi connectivity index (χ2n) is 9.61. The van der Waals surface area contributed by atoms with E-state index >= 15 is 0 Å². The number of hydrogen-bond acceptors (Lipinski definition) is 6. The Morgan fingerprint density at radius 2 is 1.74 bits per heavy atom. The summed E-state index contributed by atoms with van der Waals surface area (Å²) in [6, 6.07) is 1.25. The number of hydrogen-bond donors (Lipinski definition) is 2. The normalized spacial score (nSPS) is 19.9. The molecule has 2 N–H and O–H groups in total. The predicted octanol–water partition coefficient (Wildman–Crippen LogP) is 5.31. The van der Waals surface area contributed by atoms with Gasteiger partial charge in [0.05, 0.1) is 24.4 Å². The van der Waals surface area contributed by atoms with Gasteiger partial charge < -0.3 is 20.1 Å². The van der Waals surface area contributed by atoms with Crippen molar-refractivity contribution in [2.24, 2.45) is 5.92 Å². The molecule has 34 heavy (non-hydrogen) atoms. The second kappa shape index (κ2) is 11.4. The smallest absolute Gasteiger partial charge is 0.421 e. The zero-order chi connectivity index (χ0) is 25.7. The van der Waals surface area contributed by atoms with Crippen LogP contribution >= 0.6 is 0 Å². The number of ether oxygens (including phenoxy) is 2. The quantitative estimate of drug-likeness (QED) is 0.380. The van der Waals surface area contributed by atoms with Gasteiger partial charge in [0, 0.05) is 12.1 Å². The first-order chi connectivity index (χ1) is 15.7. The third-order valence-corrected chi connectivity index (χ3v) is 5.70. The lowest BCUT2D eigenvalue weighted by atomic mass is 9.82. The summed E-state index contributed by atoms with van der Waals surface area (Å²) < 4.78 is 65.1. The molecule has 1 aliphatic carbocycles. The van der Waals surface area contributed by atoms with Gasteiger partial charge in [0.2, 0.25) is 0 Å². The molecule has 1 aromatic rings. The summed E-state index contributed by atoms with van der Waals surface area (Å²) in [5.74, 6) is -2.71. The standard InChI is InChI=1S/C24H34F4N2O4/c1-6-33-22(32)16-11-18(25)21(24(26,27)28)19(12-16)30-14(2)15-7-9-17(10-8-15)29-13-20(31)34-23(3,4)5/h11-12,14-15,17,29-30H,6-10,13H2,1-5H3/t14-,15?,17?/m0/s1. The molecule has 1 saturated carbocycles. The van der Waals surface area contributed by atoms with Crippen LogP contribution in [0.15, 0.2) is 12.1 Å². The molecule has 6 nitrogen and oxygen atoms in total. The monoisotopic (exact) mass is 490 g/mol. The molecular weight excluding hydrogens is 456 g/mol. The summed E-state index contributed by atoms with van der Waals surface area (Å²) >= 11 is 0. The fourth-order valence-corrected chi connectivity index (χ4v) is 4.13. The molecule has 0 bridgehead atoms. The van der Waals surface area contributed by atoms with Crippen LogP contribution in [-0.4, -0.2) is 42.8 Å². The van der Waals surface area contributed by atoms with Crippen molar-refractivity contribution in [3.63, 3.8) is 0 Å². The van der Waals surface area contributed by atoms with Crippen LogP contribution in [0.25, 0.3) is 0 Å². The van der Waals surface area contributed by atoms with Gasteiger partial charge in [-0.3, -0.25) is 4.79 Å². The zero-order valence-corrected chi connectivity index (χ0v) is 20.3. The number of carbonyl (C=O) groups is 2. The highest BCUT2D eigenvalue weighted by Crippen LogP contribution is 2.39. The van der Waals surface area contributed by atoms with Gasteiger partial charge in [0.1, 0.15) is 17.0 Å². The van der Waals surface area contributed by atoms with Crippen molar-refractivity contribution in [1.29, 1.82) is 0 Å². The lowest BCUT2D eigenvalue weighted by molar-refractivity contribution is -0.153. The van der Waals surface area contributed by atoms with Gasteiger partial charge in [0.15, 0.2) is 0 Å². The van der Waals surface area contributed by atoms with E-state index in [4.69, 9.17) is 9.47 Å². The highest BCUT2D eigenvalue weighted by molar-refractivity contribution is 5.91. The average molecular weight is 491 g/mol. The minimum Gasteiger partial charge on any atom is -0.462 e. The van der Waals surface area contributed by atoms with Crippen LogP contribution in [0.1, 0.15) is 76.2 Å². The van der Waals surface area contributed by atoms with Crippen LogP contribution in [0.3, 0.4) is 0 Å². The van der Waals surface area contributed by atoms with Crippen molar-refractivity contribution in [1.82, 2.24) is 5.32 Å². The topological polar surface area (TPSA) is 76.7 Å². The van der Waals surface area contributed by atoms with E-state index in [1.165, 1.54) is 0 Å². The van der Waals surface area contributed by atoms with Crippen LogP contribution in [0.5, 0.6) is 0 Å². The van der Waals surface area contributed by atoms with Crippen molar-refractivity contribution < 1.29 is 36.6 Å². The Kier molecular flexibility index (Phi) is 9.33. The fourth-order valence-electron chi connectivity index (χ4n) is 4.13. The first kappa shape index (κ1) is 27.9. The maximum atomic E-state index is 14.4. The highest BCUT2D eigenvalue weighted by atomic mass is 19.4. The third kappa shape index (κ3) is 8.14. The molecule has 192 valence electrons. The minimum atomic E-state index is -4.93. The molecule has 1 aliphatic rings. The summed E-state index contributed by atoms with van der Waals surface area (Å²) in [6.07, 6.45) is -2.03. The van der Waals surface area contributed by atoms with Gasteiger partial charge in [-0.05, 0) is 78.4 Å². The second-order valence-corrected chi connectivity index (χ2v) is 9.61. The number of anilines is 1. The van der Waals surface area contributed by atoms with E-state index in [-0.39, 0.29) is 36.6 Å². The molecule has 0 unspecified atom stereocenters. The molecule has 0 amide bonds. The van der Waals surface area contributed by atoms with E-state index in [1.807, 2.05) is 0 Å². The maximum Gasteiger partial charge on any atom is 0.421 e. The number of carbonyl (C=O) groups excluding carboxylic acids is 2. The lowest BCUT2D eigenvalue weighted by Gasteiger charge is -2.34. The third-order valence-electron chi connectivity index (χ3n) is 5.70. The van der Waals surface area contributed by atoms with Crippen LogP contribution in [0.4, 0.5) is 23.2 Å². The number of nitrogens with one attached hydrogen (secondary N) is 2. The van der Waals surface area contributed by atoms with Gasteiger partial charge >= 0.3 is 18.1 Å². The van der Waals surface area contributed by atoms with E-state index in [2.05, 4.69) is 10.6 Å². The molecule has 0 aliphatic heterocycles. The Hall–Kier alpha value is -2.36. The van der Waals surface area contributed by atoms with Gasteiger partial charge in [-0.15, -0.1) is 0 Å². The summed E-state index contributed by atoms with van der Waals surface area (Å²) in [7, 11) is 0. The molecule has 0 aromatic heterocycles. The van der Waals surface area contributed by atoms with Crippen molar-refractivity contribution in [2.75, 3.05) is 18.5 Å². The molecule has 1 fully saturated rings. The van der Waals surface area contributed by atoms with Crippen molar-refractivity contribution in [3.05, 3.63) is 29.1 Å². The lowest BCUT2D eigenvalue weighted by Crippen LogP contribution is -2.41. The summed E-state index contributed by atoms with van der Waals surface area (Å²) in [4.78, 5) is 23.9. The first-order valence-corrected chi connectivity index (χ1v) is 11.5. The van der Waals surface area contributed by atoms with E-state index in [1.54, 1.807) is 34.6 Å². The Morgan fingerprint density at radius 3 is 2.26 bits per heavy atom. The average Bonchev–Trinajstić information content (AvgIpc) is 2.70. The Balaban J connectivity index is 2.03. The minimum absolute atomic E-state index is 0.0197. The number of alkyl halides is 3. The summed E-state index contributed by atoms with van der Waals surface area (Å²) in [6.45, 7) is 8.79. The van der Waals surface area contributed by atoms with Crippen molar-refractivity contribution in [3.8, 4) is 0 Å². The van der Waals surface area contributed by atoms with Crippen LogP contribution in [0, 0.1) is 11.7 Å². The molecule has 0 spiro atoms. The van der Waals surface area contributed by atoms with Crippen molar-refractivity contribution >= 4 is 17.6 Å². The molecule has 0 radical (unpaired) electrons. The van der Waals surface area contributed by atoms with E-state index in [9.17, 15) is 27.2 Å². The molecular formula is C24H34F4N2O4. The predicted molar refractivity (Wildman–Crippen MR) is 120 cm³/mol. The highest BCUT2D eigenvalue weighted by Gasteiger charge is 2.39. The summed E-state index contributed by atoms with van der Waals surface area (Å²) in [5.41, 5.74) is -2.75. The molecule has 1 atom stereocenters. The number of esters is 2. The first-order valence-electron chi connectivity index (χ1n) is 11.5. The van der Waals surface area contributed by atoms with Crippen LogP contribution < -0.4 is 10.6 Å². The fraction of sp³-hybridized carbons (Fsp3) is 0.667. The zero-order valence-electron chi connectivity index (χ0n) is 20.3. The molecule has 2 rings (SSSR count). The number of halogens is 4. The Bertz CT molecular complexity index is 860. The van der Waals surface area contributed by atoms with Crippen molar-refractivity contribution in [2.45, 2.75) is 84.2 Å².